The van der Waals surface area contributed by atoms with Crippen LogP contribution in [-0.4, -0.2) is 42.6 Å². The number of aromatic nitrogens is 1. The number of H-pyrrole nitrogens is 1. The molecule has 0 atom stereocenters. The van der Waals surface area contributed by atoms with Gasteiger partial charge in [0, 0.05) is 26.2 Å². The first kappa shape index (κ1) is 12.4. The molecule has 2 N–H and O–H groups in total. The second-order valence-electron chi connectivity index (χ2n) is 5.04. The Labute approximate surface area is 111 Å². The Morgan fingerprint density at radius 1 is 1.26 bits per heavy atom. The Morgan fingerprint density at radius 2 is 2.11 bits per heavy atom. The quantitative estimate of drug-likeness (QED) is 0.860. The number of hydrogen-bond acceptors (Lipinski definition) is 4. The Balaban J connectivity index is 1.57. The van der Waals surface area contributed by atoms with Gasteiger partial charge in [-0.2, -0.15) is 0 Å². The molecule has 1 fully saturated rings. The molecular formula is C14H19N3O2. The minimum Gasteiger partial charge on any atom is -0.408 e. The average molecular weight is 261 g/mol. The predicted octanol–water partition coefficient (Wildman–Crippen LogP) is 0.959. The molecule has 1 aromatic heterocycles. The van der Waals surface area contributed by atoms with Gasteiger partial charge in [0.2, 0.25) is 0 Å². The van der Waals surface area contributed by atoms with Crippen molar-refractivity contribution < 1.29 is 4.42 Å². The second-order valence-corrected chi connectivity index (χ2v) is 5.04. The highest BCUT2D eigenvalue weighted by atomic mass is 16.4. The van der Waals surface area contributed by atoms with Crippen LogP contribution in [0.5, 0.6) is 0 Å². The zero-order valence-electron chi connectivity index (χ0n) is 10.9. The van der Waals surface area contributed by atoms with E-state index in [2.05, 4.69) is 15.2 Å². The fourth-order valence-electron chi connectivity index (χ4n) is 2.60. The van der Waals surface area contributed by atoms with Crippen molar-refractivity contribution in [3.8, 4) is 0 Å². The van der Waals surface area contributed by atoms with Crippen molar-refractivity contribution in [1.29, 1.82) is 0 Å². The summed E-state index contributed by atoms with van der Waals surface area (Å²) in [6.07, 6.45) is 2.18. The van der Waals surface area contributed by atoms with E-state index in [1.54, 1.807) is 0 Å². The Kier molecular flexibility index (Phi) is 3.66. The molecule has 2 heterocycles. The normalized spacial score (nSPS) is 17.1. The van der Waals surface area contributed by atoms with Crippen LogP contribution < -0.4 is 11.1 Å². The minimum absolute atomic E-state index is 0.382. The molecule has 0 amide bonds. The maximum Gasteiger partial charge on any atom is 0.417 e. The summed E-state index contributed by atoms with van der Waals surface area (Å²) in [4.78, 5) is 16.3. The number of nitrogens with one attached hydrogen (secondary N) is 2. The largest absolute Gasteiger partial charge is 0.417 e. The topological polar surface area (TPSA) is 61.3 Å². The number of rotatable bonds is 4. The maximum absolute atomic E-state index is 11.1. The molecule has 2 aromatic rings. The summed E-state index contributed by atoms with van der Waals surface area (Å²) in [6, 6.07) is 5.92. The molecule has 5 nitrogen and oxygen atoms in total. The second kappa shape index (κ2) is 5.59. The van der Waals surface area contributed by atoms with E-state index in [-0.39, 0.29) is 5.76 Å². The molecule has 3 rings (SSSR count). The monoisotopic (exact) mass is 261 g/mol. The summed E-state index contributed by atoms with van der Waals surface area (Å²) >= 11 is 0. The molecule has 0 spiro atoms. The molecule has 1 aliphatic heterocycles. The summed E-state index contributed by atoms with van der Waals surface area (Å²) in [6.45, 7) is 5.63. The molecule has 5 heteroatoms. The molecule has 1 aromatic carbocycles. The number of hydrogen-bond donors (Lipinski definition) is 2. The zero-order chi connectivity index (χ0) is 13.1. The Hall–Kier alpha value is -1.59. The molecule has 0 saturated carbocycles. The average Bonchev–Trinajstić information content (AvgIpc) is 2.79. The third-order valence-corrected chi connectivity index (χ3v) is 3.63. The Bertz CT molecular complexity index is 596. The lowest BCUT2D eigenvalue weighted by Crippen LogP contribution is -2.43. The van der Waals surface area contributed by atoms with Gasteiger partial charge in [0.1, 0.15) is 0 Å². The fraction of sp³-hybridized carbons (Fsp3) is 0.500. The van der Waals surface area contributed by atoms with Crippen LogP contribution in [0.25, 0.3) is 11.1 Å². The lowest BCUT2D eigenvalue weighted by molar-refractivity contribution is 0.238. The van der Waals surface area contributed by atoms with Gasteiger partial charge in [0.15, 0.2) is 5.58 Å². The van der Waals surface area contributed by atoms with E-state index in [0.29, 0.717) is 5.58 Å². The van der Waals surface area contributed by atoms with Gasteiger partial charge in [0.05, 0.1) is 5.52 Å². The minimum atomic E-state index is -0.382. The van der Waals surface area contributed by atoms with E-state index < -0.39 is 0 Å². The van der Waals surface area contributed by atoms with Gasteiger partial charge in [-0.25, -0.2) is 4.79 Å². The van der Waals surface area contributed by atoms with Crippen molar-refractivity contribution >= 4 is 11.1 Å². The lowest BCUT2D eigenvalue weighted by Gasteiger charge is -2.27. The number of aryl methyl sites for hydroxylation is 1. The number of aromatic amines is 1. The number of oxazole rings is 1. The van der Waals surface area contributed by atoms with E-state index in [0.717, 1.165) is 51.1 Å². The standard InChI is InChI=1S/C14H19N3O2/c18-14-16-12-10-11(3-4-13(12)19-14)2-1-7-17-8-5-15-6-9-17/h3-4,10,15H,1-2,5-9H2,(H,16,18). The SMILES string of the molecule is O=c1[nH]c2cc(CCCN3CCNCC3)ccc2o1. The number of nitrogens with zero attached hydrogens (tertiary/aromatic N) is 1. The van der Waals surface area contributed by atoms with Crippen molar-refractivity contribution in [2.45, 2.75) is 12.8 Å². The van der Waals surface area contributed by atoms with Crippen molar-refractivity contribution in [3.05, 3.63) is 34.3 Å². The first-order valence-electron chi connectivity index (χ1n) is 6.86. The van der Waals surface area contributed by atoms with Crippen molar-refractivity contribution in [2.75, 3.05) is 32.7 Å². The van der Waals surface area contributed by atoms with Gasteiger partial charge in [-0.1, -0.05) is 6.07 Å². The van der Waals surface area contributed by atoms with Gasteiger partial charge < -0.3 is 14.6 Å². The van der Waals surface area contributed by atoms with E-state index in [4.69, 9.17) is 4.42 Å². The van der Waals surface area contributed by atoms with E-state index in [1.165, 1.54) is 5.56 Å². The van der Waals surface area contributed by atoms with E-state index >= 15 is 0 Å². The molecule has 0 radical (unpaired) electrons. The molecule has 102 valence electrons. The van der Waals surface area contributed by atoms with E-state index in [9.17, 15) is 4.79 Å². The third-order valence-electron chi connectivity index (χ3n) is 3.63. The van der Waals surface area contributed by atoms with Crippen LogP contribution >= 0.6 is 0 Å². The van der Waals surface area contributed by atoms with Gasteiger partial charge in [-0.15, -0.1) is 0 Å². The smallest absolute Gasteiger partial charge is 0.408 e. The van der Waals surface area contributed by atoms with Crippen LogP contribution in [0.1, 0.15) is 12.0 Å². The van der Waals surface area contributed by atoms with Crippen LogP contribution in [0.2, 0.25) is 0 Å². The third kappa shape index (κ3) is 3.05. The molecule has 1 aliphatic rings. The maximum atomic E-state index is 11.1. The highest BCUT2D eigenvalue weighted by Gasteiger charge is 2.08. The Morgan fingerprint density at radius 3 is 2.95 bits per heavy atom. The van der Waals surface area contributed by atoms with Crippen molar-refractivity contribution in [2.24, 2.45) is 0 Å². The summed E-state index contributed by atoms with van der Waals surface area (Å²) in [7, 11) is 0. The van der Waals surface area contributed by atoms with Crippen LogP contribution in [0, 0.1) is 0 Å². The molecule has 19 heavy (non-hydrogen) atoms. The first-order valence-corrected chi connectivity index (χ1v) is 6.86. The first-order chi connectivity index (χ1) is 9.31. The van der Waals surface area contributed by atoms with Crippen LogP contribution in [0.4, 0.5) is 0 Å². The zero-order valence-corrected chi connectivity index (χ0v) is 10.9. The molecular weight excluding hydrogens is 242 g/mol. The van der Waals surface area contributed by atoms with Crippen molar-refractivity contribution in [3.63, 3.8) is 0 Å². The van der Waals surface area contributed by atoms with Gasteiger partial charge in [-0.05, 0) is 37.1 Å². The molecule has 0 bridgehead atoms. The summed E-state index contributed by atoms with van der Waals surface area (Å²) in [5, 5.41) is 3.36. The van der Waals surface area contributed by atoms with Crippen LogP contribution in [0.3, 0.4) is 0 Å². The summed E-state index contributed by atoms with van der Waals surface area (Å²) in [5.74, 6) is -0.382. The lowest BCUT2D eigenvalue weighted by atomic mass is 10.1. The highest BCUT2D eigenvalue weighted by molar-refractivity contribution is 5.72. The van der Waals surface area contributed by atoms with Crippen LogP contribution in [-0.2, 0) is 6.42 Å². The molecule has 0 unspecified atom stereocenters. The number of piperazine rings is 1. The number of benzene rings is 1. The number of fused-ring (bicyclic) bond motifs is 1. The van der Waals surface area contributed by atoms with Gasteiger partial charge in [-0.3, -0.25) is 4.98 Å². The fourth-order valence-corrected chi connectivity index (χ4v) is 2.60. The van der Waals surface area contributed by atoms with Crippen LogP contribution in [0.15, 0.2) is 27.4 Å². The van der Waals surface area contributed by atoms with E-state index in [1.807, 2.05) is 18.2 Å². The van der Waals surface area contributed by atoms with Crippen molar-refractivity contribution in [1.82, 2.24) is 15.2 Å². The summed E-state index contributed by atoms with van der Waals surface area (Å²) in [5.41, 5.74) is 2.68. The highest BCUT2D eigenvalue weighted by Crippen LogP contribution is 2.13. The van der Waals surface area contributed by atoms with Gasteiger partial charge in [0.25, 0.3) is 0 Å². The molecule has 1 saturated heterocycles. The summed E-state index contributed by atoms with van der Waals surface area (Å²) < 4.78 is 5.00. The predicted molar refractivity (Wildman–Crippen MR) is 74.5 cm³/mol. The molecule has 0 aliphatic carbocycles. The van der Waals surface area contributed by atoms with Gasteiger partial charge >= 0.3 is 5.76 Å².